The third-order valence-corrected chi connectivity index (χ3v) is 7.67. The lowest BCUT2D eigenvalue weighted by Gasteiger charge is -2.27. The lowest BCUT2D eigenvalue weighted by molar-refractivity contribution is -0.120. The first-order valence-electron chi connectivity index (χ1n) is 10.1. The van der Waals surface area contributed by atoms with E-state index in [1.807, 2.05) is 14.0 Å². The number of benzene rings is 1. The van der Waals surface area contributed by atoms with Crippen LogP contribution < -0.4 is 5.32 Å². The number of amides is 1. The van der Waals surface area contributed by atoms with Gasteiger partial charge in [0, 0.05) is 25.3 Å². The zero-order chi connectivity index (χ0) is 20.1. The number of anilines is 1. The molecule has 7 nitrogen and oxygen atoms in total. The molecule has 1 atom stereocenters. The molecule has 1 aromatic rings. The second kappa shape index (κ2) is 9.35. The van der Waals surface area contributed by atoms with Crippen LogP contribution in [-0.2, 0) is 19.6 Å². The van der Waals surface area contributed by atoms with E-state index in [1.54, 1.807) is 18.2 Å². The minimum absolute atomic E-state index is 0.124. The molecule has 28 heavy (non-hydrogen) atoms. The monoisotopic (exact) mass is 409 g/mol. The number of carbonyl (C=O) groups is 1. The van der Waals surface area contributed by atoms with Crippen molar-refractivity contribution in [1.82, 2.24) is 9.21 Å². The third kappa shape index (κ3) is 5.11. The second-order valence-electron chi connectivity index (χ2n) is 7.80. The van der Waals surface area contributed by atoms with Crippen molar-refractivity contribution in [2.45, 2.75) is 43.5 Å². The van der Waals surface area contributed by atoms with Gasteiger partial charge in [-0.3, -0.25) is 9.69 Å². The molecule has 0 bridgehead atoms. The van der Waals surface area contributed by atoms with Gasteiger partial charge >= 0.3 is 0 Å². The summed E-state index contributed by atoms with van der Waals surface area (Å²) in [5.41, 5.74) is 0.500. The van der Waals surface area contributed by atoms with Crippen LogP contribution in [0.4, 0.5) is 5.69 Å². The average molecular weight is 410 g/mol. The number of rotatable bonds is 7. The average Bonchev–Trinajstić information content (AvgIpc) is 3.21. The number of ether oxygens (including phenoxy) is 1. The van der Waals surface area contributed by atoms with E-state index in [0.29, 0.717) is 37.9 Å². The molecule has 1 amide bonds. The number of carbonyl (C=O) groups excluding carboxylic acids is 1. The van der Waals surface area contributed by atoms with E-state index in [2.05, 4.69) is 10.2 Å². The predicted molar refractivity (Wildman–Crippen MR) is 109 cm³/mol. The SMILES string of the molecule is CC(C(=O)Nc1cccc(S(=O)(=O)N2CCOCC2)c1)N(C)CC1CCCC1. The summed E-state index contributed by atoms with van der Waals surface area (Å²) in [6.45, 7) is 4.31. The van der Waals surface area contributed by atoms with E-state index in [9.17, 15) is 13.2 Å². The molecule has 1 aromatic carbocycles. The Kier molecular flexibility index (Phi) is 7.09. The van der Waals surface area contributed by atoms with Crippen molar-refractivity contribution in [1.29, 1.82) is 0 Å². The van der Waals surface area contributed by atoms with Crippen molar-refractivity contribution in [2.75, 3.05) is 45.2 Å². The first-order chi connectivity index (χ1) is 13.4. The van der Waals surface area contributed by atoms with Crippen LogP contribution in [0.3, 0.4) is 0 Å². The normalized spacial score (nSPS) is 20.4. The smallest absolute Gasteiger partial charge is 0.243 e. The van der Waals surface area contributed by atoms with Gasteiger partial charge in [0.05, 0.1) is 24.2 Å². The van der Waals surface area contributed by atoms with Gasteiger partial charge < -0.3 is 10.1 Å². The van der Waals surface area contributed by atoms with Gasteiger partial charge in [-0.25, -0.2) is 8.42 Å². The Labute approximate surface area is 168 Å². The van der Waals surface area contributed by atoms with Gasteiger partial charge in [0.1, 0.15) is 0 Å². The van der Waals surface area contributed by atoms with Crippen LogP contribution >= 0.6 is 0 Å². The number of nitrogens with one attached hydrogen (secondary N) is 1. The minimum Gasteiger partial charge on any atom is -0.379 e. The Bertz CT molecular complexity index is 771. The van der Waals surface area contributed by atoms with Crippen molar-refractivity contribution < 1.29 is 17.9 Å². The van der Waals surface area contributed by atoms with Crippen LogP contribution in [0.5, 0.6) is 0 Å². The lowest BCUT2D eigenvalue weighted by atomic mass is 10.1. The molecule has 8 heteroatoms. The van der Waals surface area contributed by atoms with Gasteiger partial charge in [-0.05, 0) is 50.9 Å². The van der Waals surface area contributed by atoms with Gasteiger partial charge in [0.25, 0.3) is 0 Å². The fourth-order valence-electron chi connectivity index (χ4n) is 3.88. The van der Waals surface area contributed by atoms with Crippen LogP contribution in [0.1, 0.15) is 32.6 Å². The van der Waals surface area contributed by atoms with Crippen molar-refractivity contribution in [2.24, 2.45) is 5.92 Å². The van der Waals surface area contributed by atoms with E-state index >= 15 is 0 Å². The highest BCUT2D eigenvalue weighted by Gasteiger charge is 2.27. The molecule has 1 heterocycles. The Morgan fingerprint density at radius 1 is 1.29 bits per heavy atom. The number of hydrogen-bond donors (Lipinski definition) is 1. The standard InChI is InChI=1S/C20H31N3O4S/c1-16(22(2)15-17-6-3-4-7-17)20(24)21-18-8-5-9-19(14-18)28(25,26)23-10-12-27-13-11-23/h5,8-9,14,16-17H,3-4,6-7,10-13,15H2,1-2H3,(H,21,24). The van der Waals surface area contributed by atoms with E-state index in [0.717, 1.165) is 6.54 Å². The molecule has 2 aliphatic rings. The number of morpholine rings is 1. The topological polar surface area (TPSA) is 79.0 Å². The van der Waals surface area contributed by atoms with Gasteiger partial charge in [-0.2, -0.15) is 4.31 Å². The fraction of sp³-hybridized carbons (Fsp3) is 0.650. The molecule has 1 aliphatic carbocycles. The Hall–Kier alpha value is -1.48. The quantitative estimate of drug-likeness (QED) is 0.747. The lowest BCUT2D eigenvalue weighted by Crippen LogP contribution is -2.41. The summed E-state index contributed by atoms with van der Waals surface area (Å²) >= 11 is 0. The zero-order valence-electron chi connectivity index (χ0n) is 16.8. The van der Waals surface area contributed by atoms with E-state index in [1.165, 1.54) is 36.1 Å². The molecular formula is C20H31N3O4S. The van der Waals surface area contributed by atoms with E-state index in [-0.39, 0.29) is 16.8 Å². The van der Waals surface area contributed by atoms with Gasteiger partial charge in [-0.15, -0.1) is 0 Å². The highest BCUT2D eigenvalue weighted by molar-refractivity contribution is 7.89. The molecule has 1 aliphatic heterocycles. The molecule has 3 rings (SSSR count). The second-order valence-corrected chi connectivity index (χ2v) is 9.74. The van der Waals surface area contributed by atoms with Crippen LogP contribution in [0.15, 0.2) is 29.2 Å². The molecule has 0 aromatic heterocycles. The maximum Gasteiger partial charge on any atom is 0.243 e. The third-order valence-electron chi connectivity index (χ3n) is 5.77. The molecule has 0 spiro atoms. The zero-order valence-corrected chi connectivity index (χ0v) is 17.6. The molecule has 1 unspecified atom stereocenters. The number of likely N-dealkylation sites (N-methyl/N-ethyl adjacent to an activating group) is 1. The Balaban J connectivity index is 1.63. The minimum atomic E-state index is -3.58. The fourth-order valence-corrected chi connectivity index (χ4v) is 5.33. The van der Waals surface area contributed by atoms with Crippen LogP contribution in [0.2, 0.25) is 0 Å². The molecule has 1 saturated heterocycles. The van der Waals surface area contributed by atoms with Gasteiger partial charge in [-0.1, -0.05) is 18.9 Å². The molecular weight excluding hydrogens is 378 g/mol. The molecule has 156 valence electrons. The van der Waals surface area contributed by atoms with Crippen LogP contribution in [0, 0.1) is 5.92 Å². The van der Waals surface area contributed by atoms with E-state index < -0.39 is 10.0 Å². The first kappa shape index (κ1) is 21.2. The van der Waals surface area contributed by atoms with Crippen molar-refractivity contribution in [3.05, 3.63) is 24.3 Å². The van der Waals surface area contributed by atoms with Crippen LogP contribution in [-0.4, -0.2) is 69.5 Å². The summed E-state index contributed by atoms with van der Waals surface area (Å²) in [5, 5.41) is 2.87. The van der Waals surface area contributed by atoms with Crippen molar-refractivity contribution in [3.8, 4) is 0 Å². The Morgan fingerprint density at radius 2 is 1.96 bits per heavy atom. The van der Waals surface area contributed by atoms with Gasteiger partial charge in [0.2, 0.25) is 15.9 Å². The summed E-state index contributed by atoms with van der Waals surface area (Å²) in [6, 6.07) is 6.21. The largest absolute Gasteiger partial charge is 0.379 e. The predicted octanol–water partition coefficient (Wildman–Crippen LogP) is 2.16. The van der Waals surface area contributed by atoms with E-state index in [4.69, 9.17) is 4.74 Å². The summed E-state index contributed by atoms with van der Waals surface area (Å²) in [4.78, 5) is 14.9. The molecule has 0 radical (unpaired) electrons. The molecule has 1 N–H and O–H groups in total. The van der Waals surface area contributed by atoms with Gasteiger partial charge in [0.15, 0.2) is 0 Å². The maximum atomic E-state index is 12.8. The van der Waals surface area contributed by atoms with Crippen molar-refractivity contribution in [3.63, 3.8) is 0 Å². The summed E-state index contributed by atoms with van der Waals surface area (Å²) in [7, 11) is -1.61. The highest BCUT2D eigenvalue weighted by atomic mass is 32.2. The molecule has 1 saturated carbocycles. The molecule has 2 fully saturated rings. The summed E-state index contributed by atoms with van der Waals surface area (Å²) in [5.74, 6) is 0.545. The first-order valence-corrected chi connectivity index (χ1v) is 11.5. The summed E-state index contributed by atoms with van der Waals surface area (Å²) < 4.78 is 32.3. The summed E-state index contributed by atoms with van der Waals surface area (Å²) in [6.07, 6.45) is 5.03. The van der Waals surface area contributed by atoms with Crippen molar-refractivity contribution >= 4 is 21.6 Å². The van der Waals surface area contributed by atoms with Crippen LogP contribution in [0.25, 0.3) is 0 Å². The maximum absolute atomic E-state index is 12.8. The number of sulfonamides is 1. The highest BCUT2D eigenvalue weighted by Crippen LogP contribution is 2.26. The number of hydrogen-bond acceptors (Lipinski definition) is 5. The Morgan fingerprint density at radius 3 is 2.64 bits per heavy atom. The number of nitrogens with zero attached hydrogens (tertiary/aromatic N) is 2.